The first-order chi connectivity index (χ1) is 4.66. The Morgan fingerprint density at radius 3 is 2.40 bits per heavy atom. The first-order valence-electron chi connectivity index (χ1n) is 2.35. The summed E-state index contributed by atoms with van der Waals surface area (Å²) in [5.41, 5.74) is 1.77. The first kappa shape index (κ1) is 9.68. The largest absolute Gasteiger partial charge is 0.609 e. The summed E-state index contributed by atoms with van der Waals surface area (Å²) < 4.78 is 0. The lowest BCUT2D eigenvalue weighted by atomic mass is 11.5. The number of hydrogen-bond donors (Lipinski definition) is 3. The van der Waals surface area contributed by atoms with Crippen LogP contribution in [0.1, 0.15) is 0 Å². The molecule has 0 fully saturated rings. The highest BCUT2D eigenvalue weighted by Crippen LogP contribution is 1.61. The van der Waals surface area contributed by atoms with Crippen LogP contribution in [0.2, 0.25) is 0 Å². The molecule has 8 heteroatoms. The van der Waals surface area contributed by atoms with E-state index in [1.807, 2.05) is 0 Å². The van der Waals surface area contributed by atoms with Gasteiger partial charge in [0.15, 0.2) is 0 Å². The van der Waals surface area contributed by atoms with Crippen LogP contribution in [0.25, 0.3) is 0 Å². The third kappa shape index (κ3) is 5.81. The Kier molecular flexibility index (Phi) is 5.29. The maximum absolute atomic E-state index is 10.3. The number of nitrogens with one attached hydrogen (secondary N) is 3. The third-order valence-corrected chi connectivity index (χ3v) is 0.456. The van der Waals surface area contributed by atoms with Crippen LogP contribution in [0.15, 0.2) is 0 Å². The smallest absolute Gasteiger partial charge is 0.0881 e. The molecular formula is C2H9N3O5. The first-order valence-corrected chi connectivity index (χ1v) is 2.35. The number of hydrogen-bond acceptors (Lipinski definition) is 6. The average Bonchev–Trinajstić information content (AvgIpc) is 1.82. The molecule has 0 spiro atoms. The van der Waals surface area contributed by atoms with Crippen molar-refractivity contribution in [1.82, 2.24) is 5.53 Å². The minimum Gasteiger partial charge on any atom is -0.609 e. The summed E-state index contributed by atoms with van der Waals surface area (Å²) >= 11 is 0. The van der Waals surface area contributed by atoms with Crippen molar-refractivity contribution in [2.24, 2.45) is 0 Å². The summed E-state index contributed by atoms with van der Waals surface area (Å²) in [4.78, 5) is 7.71. The minimum atomic E-state index is -1.02. The van der Waals surface area contributed by atoms with Crippen LogP contribution in [0.4, 0.5) is 0 Å². The molecule has 0 heterocycles. The average molecular weight is 155 g/mol. The zero-order chi connectivity index (χ0) is 7.98. The van der Waals surface area contributed by atoms with Crippen molar-refractivity contribution in [2.75, 3.05) is 14.2 Å². The van der Waals surface area contributed by atoms with E-state index >= 15 is 0 Å². The van der Waals surface area contributed by atoms with Crippen LogP contribution in [0.3, 0.4) is 0 Å². The van der Waals surface area contributed by atoms with Crippen LogP contribution < -0.4 is 16.0 Å². The van der Waals surface area contributed by atoms with E-state index in [2.05, 4.69) is 14.9 Å². The van der Waals surface area contributed by atoms with Crippen molar-refractivity contribution < 1.29 is 25.4 Å². The summed E-state index contributed by atoms with van der Waals surface area (Å²) in [5, 5.41) is 22.5. The van der Waals surface area contributed by atoms with Gasteiger partial charge in [-0.1, -0.05) is 5.34 Å². The number of quaternary nitrogens is 2. The second-order valence-electron chi connectivity index (χ2n) is 1.29. The Morgan fingerprint density at radius 2 is 2.00 bits per heavy atom. The molecule has 2 unspecified atom stereocenters. The molecule has 8 nitrogen and oxygen atoms in total. The van der Waals surface area contributed by atoms with Crippen molar-refractivity contribution in [2.45, 2.75) is 0 Å². The molecule has 0 aliphatic rings. The standard InChI is InChI=1S/C2H9N3O5/c1-4(6)3-5(7)9-10-8-2/h3-5H,1-2H3. The fourth-order valence-electron chi connectivity index (χ4n) is 0.229. The van der Waals surface area contributed by atoms with Crippen molar-refractivity contribution in [3.63, 3.8) is 0 Å². The second kappa shape index (κ2) is 5.46. The van der Waals surface area contributed by atoms with Crippen molar-refractivity contribution in [1.29, 1.82) is 0 Å². The molecule has 0 amide bonds. The summed E-state index contributed by atoms with van der Waals surface area (Å²) in [6.07, 6.45) is 0. The van der Waals surface area contributed by atoms with E-state index in [1.165, 1.54) is 0 Å². The van der Waals surface area contributed by atoms with Gasteiger partial charge in [-0.25, -0.2) is 10.1 Å². The van der Waals surface area contributed by atoms with Crippen molar-refractivity contribution >= 4 is 0 Å². The number of rotatable bonds is 5. The molecule has 0 aliphatic carbocycles. The molecule has 0 aliphatic heterocycles. The molecule has 3 N–H and O–H groups in total. The molecule has 0 saturated carbocycles. The highest BCUT2D eigenvalue weighted by molar-refractivity contribution is 3.87. The number of hydroxylamine groups is 1. The van der Waals surface area contributed by atoms with Gasteiger partial charge < -0.3 is 10.4 Å². The van der Waals surface area contributed by atoms with E-state index in [0.717, 1.165) is 14.2 Å². The second-order valence-corrected chi connectivity index (χ2v) is 1.29. The predicted octanol–water partition coefficient (Wildman–Crippen LogP) is -3.77. The fraction of sp³-hybridized carbons (Fsp3) is 1.00. The Bertz CT molecular complexity index is 79.3. The van der Waals surface area contributed by atoms with Gasteiger partial charge in [-0.3, -0.25) is 0 Å². The van der Waals surface area contributed by atoms with Crippen molar-refractivity contribution in [3.8, 4) is 0 Å². The van der Waals surface area contributed by atoms with Gasteiger partial charge in [0.2, 0.25) is 0 Å². The van der Waals surface area contributed by atoms with E-state index in [-0.39, 0.29) is 0 Å². The molecule has 0 aromatic heterocycles. The normalized spacial score (nSPS) is 16.8. The molecule has 0 aromatic carbocycles. The highest BCUT2D eigenvalue weighted by Gasteiger charge is 1.98. The van der Waals surface area contributed by atoms with Gasteiger partial charge in [0, 0.05) is 10.5 Å². The van der Waals surface area contributed by atoms with Gasteiger partial charge >= 0.3 is 0 Å². The maximum Gasteiger partial charge on any atom is 0.0881 e. The topological polar surface area (TPSA) is 94.7 Å². The zero-order valence-electron chi connectivity index (χ0n) is 5.54. The molecule has 0 saturated heterocycles. The summed E-state index contributed by atoms with van der Waals surface area (Å²) in [7, 11) is 2.31. The van der Waals surface area contributed by atoms with Gasteiger partial charge in [0.25, 0.3) is 0 Å². The van der Waals surface area contributed by atoms with Crippen LogP contribution >= 0.6 is 0 Å². The Labute approximate surface area is 56.8 Å². The van der Waals surface area contributed by atoms with Crippen LogP contribution in [-0.2, 0) is 14.9 Å². The SMILES string of the molecule is COOO[NH+]([O-])N[NH+](C)[O-]. The minimum absolute atomic E-state index is 0.537. The van der Waals surface area contributed by atoms with Crippen LogP contribution in [0, 0.1) is 10.4 Å². The van der Waals surface area contributed by atoms with E-state index in [4.69, 9.17) is 0 Å². The van der Waals surface area contributed by atoms with E-state index < -0.39 is 10.5 Å². The van der Waals surface area contributed by atoms with Crippen molar-refractivity contribution in [3.05, 3.63) is 10.4 Å². The maximum atomic E-state index is 10.3. The van der Waals surface area contributed by atoms with Gasteiger partial charge in [-0.15, -0.1) is 0 Å². The zero-order valence-corrected chi connectivity index (χ0v) is 5.54. The third-order valence-electron chi connectivity index (χ3n) is 0.456. The Balaban J connectivity index is 3.16. The Morgan fingerprint density at radius 1 is 1.40 bits per heavy atom. The monoisotopic (exact) mass is 155 g/mol. The van der Waals surface area contributed by atoms with Gasteiger partial charge in [0.05, 0.1) is 14.2 Å². The molecule has 0 rings (SSSR count). The van der Waals surface area contributed by atoms with Gasteiger partial charge in [-0.05, 0) is 5.04 Å². The quantitative estimate of drug-likeness (QED) is 0.278. The van der Waals surface area contributed by atoms with E-state index in [9.17, 15) is 10.4 Å². The lowest BCUT2D eigenvalue weighted by Crippen LogP contribution is -3.34. The molecule has 0 aromatic rings. The molecule has 2 atom stereocenters. The highest BCUT2D eigenvalue weighted by atomic mass is 17.6. The Hall–Kier alpha value is -0.320. The van der Waals surface area contributed by atoms with Gasteiger partial charge in [-0.2, -0.15) is 0 Å². The summed E-state index contributed by atoms with van der Waals surface area (Å²) in [6, 6.07) is 0. The predicted molar refractivity (Wildman–Crippen MR) is 26.9 cm³/mol. The molecule has 0 bridgehead atoms. The molecule has 0 radical (unpaired) electrons. The summed E-state index contributed by atoms with van der Waals surface area (Å²) in [5.74, 6) is 0. The lowest BCUT2D eigenvalue weighted by molar-refractivity contribution is -1.24. The van der Waals surface area contributed by atoms with E-state index in [1.54, 1.807) is 5.53 Å². The molecule has 62 valence electrons. The molecular weight excluding hydrogens is 146 g/mol. The summed E-state index contributed by atoms with van der Waals surface area (Å²) in [6.45, 7) is 0. The van der Waals surface area contributed by atoms with Gasteiger partial charge in [0.1, 0.15) is 0 Å². The lowest BCUT2D eigenvalue weighted by Gasteiger charge is -2.21. The van der Waals surface area contributed by atoms with Crippen LogP contribution in [-0.4, -0.2) is 14.2 Å². The van der Waals surface area contributed by atoms with Crippen LogP contribution in [0.5, 0.6) is 0 Å². The molecule has 10 heavy (non-hydrogen) atoms. The fourth-order valence-corrected chi connectivity index (χ4v) is 0.229. The van der Waals surface area contributed by atoms with E-state index in [0.29, 0.717) is 0 Å².